The van der Waals surface area contributed by atoms with Crippen molar-refractivity contribution < 1.29 is 30.9 Å². The maximum atomic E-state index is 4.24. The molecule has 0 N–H and O–H groups in total. The summed E-state index contributed by atoms with van der Waals surface area (Å²) in [6, 6.07) is 4.07. The van der Waals surface area contributed by atoms with Gasteiger partial charge in [-0.05, 0) is 0 Å². The average Bonchev–Trinajstić information content (AvgIpc) is 2.08. The Hall–Kier alpha value is 0.223. The Balaban J connectivity index is 0.000000561. The molecule has 0 aromatic carbocycles. The van der Waals surface area contributed by atoms with Crippen LogP contribution in [0.25, 0.3) is 5.32 Å². The van der Waals surface area contributed by atoms with Gasteiger partial charge in [0.25, 0.3) is 0 Å². The zero-order chi connectivity index (χ0) is 9.40. The van der Waals surface area contributed by atoms with E-state index < -0.39 is 0 Å². The van der Waals surface area contributed by atoms with Crippen molar-refractivity contribution in [1.29, 1.82) is 0 Å². The molecule has 0 saturated carbocycles. The van der Waals surface area contributed by atoms with Gasteiger partial charge < -0.3 is 10.3 Å². The molecule has 65 valence electrons. The fourth-order valence-electron chi connectivity index (χ4n) is 0.668. The van der Waals surface area contributed by atoms with Crippen LogP contribution in [-0.4, -0.2) is 11.0 Å². The van der Waals surface area contributed by atoms with Crippen molar-refractivity contribution in [3.05, 3.63) is 29.8 Å². The van der Waals surface area contributed by atoms with Crippen LogP contribution in [-0.2, 0) is 30.9 Å². The summed E-state index contributed by atoms with van der Waals surface area (Å²) < 4.78 is 0. The number of hydrogen-bond acceptors (Lipinski definition) is 1. The van der Waals surface area contributed by atoms with Gasteiger partial charge in [-0.15, -0.1) is 6.04 Å². The Morgan fingerprint density at radius 3 is 2.67 bits per heavy atom. The van der Waals surface area contributed by atoms with Crippen LogP contribution >= 0.6 is 0 Å². The van der Waals surface area contributed by atoms with Crippen molar-refractivity contribution in [2.75, 3.05) is 0 Å². The first-order valence-corrected chi connectivity index (χ1v) is 9.49. The second-order valence-electron chi connectivity index (χ2n) is 2.36. The minimum absolute atomic E-state index is 0.320. The summed E-state index contributed by atoms with van der Waals surface area (Å²) in [5.41, 5.74) is 0.831. The second-order valence-corrected chi connectivity index (χ2v) is 2.36. The Kier molecular flexibility index (Phi) is 8.00. The fraction of sp³-hybridized carbons (Fsp3) is 0.375. The summed E-state index contributed by atoms with van der Waals surface area (Å²) >= 11 is 3.92. The van der Waals surface area contributed by atoms with E-state index in [1.54, 1.807) is 6.20 Å². The molecule has 12 heavy (non-hydrogen) atoms. The molecule has 1 rings (SSSR count). The van der Waals surface area contributed by atoms with Gasteiger partial charge in [0.2, 0.25) is 0 Å². The fourth-order valence-corrected chi connectivity index (χ4v) is 0.668. The molecule has 0 amide bonds. The number of hydrogen-bond donors (Lipinski definition) is 0. The van der Waals surface area contributed by atoms with Gasteiger partial charge in [-0.2, -0.15) is 12.1 Å². The molecule has 2 nitrogen and oxygen atoms in total. The summed E-state index contributed by atoms with van der Waals surface area (Å²) in [4.78, 5) is 3.82. The van der Waals surface area contributed by atoms with E-state index in [2.05, 4.69) is 30.6 Å². The molecule has 0 aliphatic carbocycles. The van der Waals surface area contributed by atoms with Crippen LogP contribution in [0.5, 0.6) is 0 Å². The zero-order valence-electron chi connectivity index (χ0n) is 7.06. The van der Waals surface area contributed by atoms with Gasteiger partial charge in [-0.1, -0.05) is 26.2 Å². The van der Waals surface area contributed by atoms with Crippen LogP contribution in [0.1, 0.15) is 13.8 Å². The third-order valence-electron chi connectivity index (χ3n) is 0.991. The van der Waals surface area contributed by atoms with Crippen molar-refractivity contribution >= 4 is 5.69 Å². The van der Waals surface area contributed by atoms with E-state index in [0.717, 1.165) is 5.69 Å². The van der Waals surface area contributed by atoms with Crippen molar-refractivity contribution in [2.24, 2.45) is 0 Å². The summed E-state index contributed by atoms with van der Waals surface area (Å²) in [7, 11) is 0. The van der Waals surface area contributed by atoms with Crippen LogP contribution in [0.4, 0.5) is 5.69 Å². The Bertz CT molecular complexity index is 203. The Labute approximate surface area is 91.0 Å². The standard InChI is InChI=1S/C8H10N2.V.W/c1-7(2)10-8-4-3-5-9-6-8;;/h3-5,7H,1-2H3;;/q-2;;. The van der Waals surface area contributed by atoms with E-state index >= 15 is 0 Å². The van der Waals surface area contributed by atoms with Crippen molar-refractivity contribution in [3.8, 4) is 0 Å². The predicted molar refractivity (Wildman–Crippen MR) is 41.2 cm³/mol. The molecule has 0 saturated heterocycles. The third-order valence-corrected chi connectivity index (χ3v) is 0.991. The van der Waals surface area contributed by atoms with Gasteiger partial charge in [0, 0.05) is 0 Å². The molecule has 0 unspecified atom stereocenters. The summed E-state index contributed by atoms with van der Waals surface area (Å²) in [6.45, 7) is 4.06. The minimum atomic E-state index is 0.320. The number of rotatable bonds is 2. The Morgan fingerprint density at radius 1 is 1.58 bits per heavy atom. The van der Waals surface area contributed by atoms with Crippen molar-refractivity contribution in [3.63, 3.8) is 0 Å². The average molecular weight is 369 g/mol. The molecule has 0 spiro atoms. The molecule has 0 fully saturated rings. The van der Waals surface area contributed by atoms with Crippen molar-refractivity contribution in [2.45, 2.75) is 19.9 Å². The first-order chi connectivity index (χ1) is 5.79. The van der Waals surface area contributed by atoms with Crippen LogP contribution in [0.2, 0.25) is 0 Å². The molecule has 0 atom stereocenters. The van der Waals surface area contributed by atoms with Gasteiger partial charge >= 0.3 is 30.9 Å². The van der Waals surface area contributed by atoms with Gasteiger partial charge in [-0.3, -0.25) is 0 Å². The molecule has 1 heterocycles. The van der Waals surface area contributed by atoms with E-state index in [4.69, 9.17) is 0 Å². The SMILES string of the molecule is CC(C)[N-]c1[c-]nccc1.[V]=[W]. The van der Waals surface area contributed by atoms with Crippen molar-refractivity contribution in [1.82, 2.24) is 4.98 Å². The molecular formula is C8H10N2VW-2. The Morgan fingerprint density at radius 2 is 2.25 bits per heavy atom. The molecule has 0 aliphatic heterocycles. The molecule has 0 bridgehead atoms. The quantitative estimate of drug-likeness (QED) is 0.736. The molecule has 0 aliphatic rings. The van der Waals surface area contributed by atoms with Crippen LogP contribution in [0.3, 0.4) is 0 Å². The van der Waals surface area contributed by atoms with Crippen LogP contribution in [0.15, 0.2) is 18.3 Å². The molecule has 0 radical (unpaired) electrons. The van der Waals surface area contributed by atoms with Gasteiger partial charge in [0.05, 0.1) is 0 Å². The van der Waals surface area contributed by atoms with E-state index in [9.17, 15) is 0 Å². The van der Waals surface area contributed by atoms with E-state index in [0.29, 0.717) is 6.04 Å². The number of nitrogens with zero attached hydrogens (tertiary/aromatic N) is 2. The summed E-state index contributed by atoms with van der Waals surface area (Å²) in [5.74, 6) is 0. The normalized spacial score (nSPS) is 8.50. The monoisotopic (exact) mass is 369 g/mol. The zero-order valence-corrected chi connectivity index (χ0v) is 11.4. The first kappa shape index (κ1) is 12.2. The van der Waals surface area contributed by atoms with Gasteiger partial charge in [0.15, 0.2) is 0 Å². The summed E-state index contributed by atoms with van der Waals surface area (Å²) in [6.07, 6.45) is 4.48. The first-order valence-electron chi connectivity index (χ1n) is 3.51. The number of aromatic nitrogens is 1. The molecule has 4 heteroatoms. The van der Waals surface area contributed by atoms with Gasteiger partial charge in [0.1, 0.15) is 0 Å². The van der Waals surface area contributed by atoms with E-state index in [-0.39, 0.29) is 0 Å². The topological polar surface area (TPSA) is 27.0 Å². The third kappa shape index (κ3) is 5.82. The molecular weight excluding hydrogens is 359 g/mol. The molecule has 1 aromatic rings. The van der Waals surface area contributed by atoms with Crippen LogP contribution < -0.4 is 0 Å². The van der Waals surface area contributed by atoms with Gasteiger partial charge in [-0.25, -0.2) is 5.69 Å². The van der Waals surface area contributed by atoms with E-state index in [1.165, 1.54) is 16.8 Å². The van der Waals surface area contributed by atoms with Crippen LogP contribution in [0, 0.1) is 6.20 Å². The van der Waals surface area contributed by atoms with E-state index in [1.807, 2.05) is 26.0 Å². The summed E-state index contributed by atoms with van der Waals surface area (Å²) in [5, 5.41) is 4.24. The maximum absolute atomic E-state index is 4.24. The molecule has 1 aromatic heterocycles. The number of pyridine rings is 1. The predicted octanol–water partition coefficient (Wildman–Crippen LogP) is 2.29. The second kappa shape index (κ2) is 7.85.